The minimum atomic E-state index is -0.359. The smallest absolute Gasteiger partial charge is 0.0857 e. The normalized spacial score (nSPS) is 20.5. The third-order valence-corrected chi connectivity index (χ3v) is 5.35. The molecular weight excluding hydrogens is 344 g/mol. The molecule has 0 bridgehead atoms. The number of hydrogen-bond donors (Lipinski definition) is 1. The maximum Gasteiger partial charge on any atom is 0.0857 e. The van der Waals surface area contributed by atoms with E-state index in [4.69, 9.17) is 0 Å². The molecule has 0 saturated heterocycles. The molecule has 1 nitrogen and oxygen atoms in total. The molecule has 1 aromatic carbocycles. The van der Waals surface area contributed by atoms with E-state index in [0.717, 1.165) is 33.8 Å². The third kappa shape index (κ3) is 2.61. The van der Waals surface area contributed by atoms with Crippen LogP contribution in [0.1, 0.15) is 50.7 Å². The summed E-state index contributed by atoms with van der Waals surface area (Å²) in [5.41, 5.74) is 1.10. The van der Waals surface area contributed by atoms with Gasteiger partial charge in [-0.25, -0.2) is 0 Å². The van der Waals surface area contributed by atoms with Gasteiger partial charge in [0.15, 0.2) is 0 Å². The maximum atomic E-state index is 10.7. The molecule has 0 aliphatic heterocycles. The van der Waals surface area contributed by atoms with Gasteiger partial charge in [-0.3, -0.25) is 0 Å². The van der Waals surface area contributed by atoms with Gasteiger partial charge in [-0.2, -0.15) is 0 Å². The molecule has 0 radical (unpaired) electrons. The fraction of sp³-hybridized carbons (Fsp3) is 0.571. The van der Waals surface area contributed by atoms with Crippen molar-refractivity contribution in [1.82, 2.24) is 0 Å². The van der Waals surface area contributed by atoms with Crippen molar-refractivity contribution in [3.63, 3.8) is 0 Å². The quantitative estimate of drug-likeness (QED) is 0.782. The highest BCUT2D eigenvalue weighted by Crippen LogP contribution is 2.51. The summed E-state index contributed by atoms with van der Waals surface area (Å²) in [4.78, 5) is 0. The van der Waals surface area contributed by atoms with Crippen LogP contribution in [-0.2, 0) is 0 Å². The van der Waals surface area contributed by atoms with Crippen LogP contribution in [0.2, 0.25) is 0 Å². The molecule has 1 fully saturated rings. The number of hydrogen-bond acceptors (Lipinski definition) is 1. The average Bonchev–Trinajstić information content (AvgIpc) is 2.81. The van der Waals surface area contributed by atoms with Gasteiger partial charge in [0.1, 0.15) is 0 Å². The highest BCUT2D eigenvalue weighted by molar-refractivity contribution is 9.11. The highest BCUT2D eigenvalue weighted by Gasteiger charge is 2.40. The second-order valence-electron chi connectivity index (χ2n) is 4.99. The molecule has 0 heterocycles. The summed E-state index contributed by atoms with van der Waals surface area (Å²) in [6, 6.07) is 6.03. The van der Waals surface area contributed by atoms with E-state index >= 15 is 0 Å². The van der Waals surface area contributed by atoms with Gasteiger partial charge in [-0.05, 0) is 43.0 Å². The zero-order valence-corrected chi connectivity index (χ0v) is 13.2. The standard InChI is InChI=1S/C14H18Br2O/c1-2-14(7-3-4-8-14)13(17)11-9-10(15)5-6-12(11)16/h5-6,9,13,17H,2-4,7-8H2,1H3. The molecule has 3 heteroatoms. The van der Waals surface area contributed by atoms with Gasteiger partial charge >= 0.3 is 0 Å². The Morgan fingerprint density at radius 3 is 2.53 bits per heavy atom. The molecule has 2 rings (SSSR count). The van der Waals surface area contributed by atoms with Crippen LogP contribution < -0.4 is 0 Å². The van der Waals surface area contributed by atoms with Crippen LogP contribution in [0, 0.1) is 5.41 Å². The summed E-state index contributed by atoms with van der Waals surface area (Å²) in [6.45, 7) is 2.19. The van der Waals surface area contributed by atoms with Crippen LogP contribution in [0.15, 0.2) is 27.1 Å². The van der Waals surface area contributed by atoms with E-state index in [1.54, 1.807) is 0 Å². The van der Waals surface area contributed by atoms with Crippen LogP contribution >= 0.6 is 31.9 Å². The van der Waals surface area contributed by atoms with Crippen LogP contribution in [0.25, 0.3) is 0 Å². The molecule has 1 atom stereocenters. The topological polar surface area (TPSA) is 20.2 Å². The summed E-state index contributed by atoms with van der Waals surface area (Å²) in [6.07, 6.45) is 5.47. The van der Waals surface area contributed by atoms with Gasteiger partial charge in [0.05, 0.1) is 6.10 Å². The Labute approximate surface area is 120 Å². The highest BCUT2D eigenvalue weighted by atomic mass is 79.9. The fourth-order valence-electron chi connectivity index (χ4n) is 2.95. The predicted octanol–water partition coefficient (Wildman–Crippen LogP) is 5.22. The monoisotopic (exact) mass is 360 g/mol. The van der Waals surface area contributed by atoms with Crippen molar-refractivity contribution < 1.29 is 5.11 Å². The van der Waals surface area contributed by atoms with Gasteiger partial charge in [0.2, 0.25) is 0 Å². The molecule has 1 saturated carbocycles. The van der Waals surface area contributed by atoms with Crippen molar-refractivity contribution in [2.75, 3.05) is 0 Å². The minimum Gasteiger partial charge on any atom is -0.388 e. The molecule has 1 N–H and O–H groups in total. The first kappa shape index (κ1) is 13.6. The molecule has 94 valence electrons. The van der Waals surface area contributed by atoms with E-state index in [-0.39, 0.29) is 11.5 Å². The summed E-state index contributed by atoms with van der Waals surface area (Å²) >= 11 is 7.03. The van der Waals surface area contributed by atoms with E-state index in [1.165, 1.54) is 12.8 Å². The fourth-order valence-corrected chi connectivity index (χ4v) is 3.80. The van der Waals surface area contributed by atoms with Crippen LogP contribution in [0.5, 0.6) is 0 Å². The van der Waals surface area contributed by atoms with Gasteiger partial charge < -0.3 is 5.11 Å². The van der Waals surface area contributed by atoms with Gasteiger partial charge in [0.25, 0.3) is 0 Å². The zero-order chi connectivity index (χ0) is 12.5. The van der Waals surface area contributed by atoms with Crippen molar-refractivity contribution in [3.05, 3.63) is 32.7 Å². The molecule has 0 aromatic heterocycles. The molecule has 0 amide bonds. The lowest BCUT2D eigenvalue weighted by atomic mass is 9.75. The van der Waals surface area contributed by atoms with E-state index in [2.05, 4.69) is 38.8 Å². The van der Waals surface area contributed by atoms with Crippen molar-refractivity contribution in [1.29, 1.82) is 0 Å². The van der Waals surface area contributed by atoms with E-state index in [9.17, 15) is 5.11 Å². The summed E-state index contributed by atoms with van der Waals surface area (Å²) in [7, 11) is 0. The molecule has 0 spiro atoms. The Balaban J connectivity index is 2.35. The second kappa shape index (κ2) is 5.41. The summed E-state index contributed by atoms with van der Waals surface area (Å²) in [5.74, 6) is 0. The van der Waals surface area contributed by atoms with Crippen LogP contribution in [0.3, 0.4) is 0 Å². The molecular formula is C14H18Br2O. The summed E-state index contributed by atoms with van der Waals surface area (Å²) in [5, 5.41) is 10.7. The van der Waals surface area contributed by atoms with Crippen molar-refractivity contribution in [2.45, 2.75) is 45.1 Å². The largest absolute Gasteiger partial charge is 0.388 e. The van der Waals surface area contributed by atoms with E-state index < -0.39 is 0 Å². The number of rotatable bonds is 3. The third-order valence-electron chi connectivity index (χ3n) is 4.14. The Bertz CT molecular complexity index is 397. The van der Waals surface area contributed by atoms with Gasteiger partial charge in [0, 0.05) is 14.4 Å². The average molecular weight is 362 g/mol. The molecule has 17 heavy (non-hydrogen) atoms. The Morgan fingerprint density at radius 1 is 1.29 bits per heavy atom. The van der Waals surface area contributed by atoms with Gasteiger partial charge in [-0.15, -0.1) is 0 Å². The SMILES string of the molecule is CCC1(C(O)c2cc(Br)ccc2Br)CCCC1. The van der Waals surface area contributed by atoms with Gasteiger partial charge in [-0.1, -0.05) is 51.6 Å². The number of halogens is 2. The van der Waals surface area contributed by atoms with E-state index in [0.29, 0.717) is 0 Å². The Morgan fingerprint density at radius 2 is 1.94 bits per heavy atom. The minimum absolute atomic E-state index is 0.0866. The van der Waals surface area contributed by atoms with Crippen LogP contribution in [0.4, 0.5) is 0 Å². The van der Waals surface area contributed by atoms with Crippen molar-refractivity contribution >= 4 is 31.9 Å². The Kier molecular flexibility index (Phi) is 4.32. The molecule has 1 aliphatic carbocycles. The van der Waals surface area contributed by atoms with Crippen molar-refractivity contribution in [3.8, 4) is 0 Å². The number of aliphatic hydroxyl groups is 1. The maximum absolute atomic E-state index is 10.7. The molecule has 1 aromatic rings. The first-order chi connectivity index (χ1) is 8.09. The van der Waals surface area contributed by atoms with Crippen molar-refractivity contribution in [2.24, 2.45) is 5.41 Å². The van der Waals surface area contributed by atoms with E-state index in [1.807, 2.05) is 18.2 Å². The lowest BCUT2D eigenvalue weighted by Crippen LogP contribution is -2.25. The lowest BCUT2D eigenvalue weighted by Gasteiger charge is -2.34. The Hall–Kier alpha value is 0.140. The molecule has 1 aliphatic rings. The number of aliphatic hydroxyl groups excluding tert-OH is 1. The first-order valence-electron chi connectivity index (χ1n) is 6.22. The zero-order valence-electron chi connectivity index (χ0n) is 10.0. The first-order valence-corrected chi connectivity index (χ1v) is 7.81. The lowest BCUT2D eigenvalue weighted by molar-refractivity contribution is 0.0232. The predicted molar refractivity (Wildman–Crippen MR) is 78.0 cm³/mol. The molecule has 1 unspecified atom stereocenters. The number of benzene rings is 1. The summed E-state index contributed by atoms with van der Waals surface area (Å²) < 4.78 is 2.03. The second-order valence-corrected chi connectivity index (χ2v) is 6.76. The van der Waals surface area contributed by atoms with Crippen LogP contribution in [-0.4, -0.2) is 5.11 Å².